The second-order valence-corrected chi connectivity index (χ2v) is 5.44. The van der Waals surface area contributed by atoms with Crippen LogP contribution in [-0.2, 0) is 22.6 Å². The van der Waals surface area contributed by atoms with E-state index in [-0.39, 0.29) is 5.91 Å². The second kappa shape index (κ2) is 10.2. The third-order valence-electron chi connectivity index (χ3n) is 3.57. The Morgan fingerprint density at radius 3 is 2.52 bits per heavy atom. The van der Waals surface area contributed by atoms with Gasteiger partial charge in [-0.1, -0.05) is 24.3 Å². The molecule has 0 fully saturated rings. The van der Waals surface area contributed by atoms with Gasteiger partial charge in [0.1, 0.15) is 0 Å². The molecule has 2 aromatic carbocycles. The van der Waals surface area contributed by atoms with Crippen molar-refractivity contribution >= 4 is 5.91 Å². The van der Waals surface area contributed by atoms with Crippen LogP contribution in [0.1, 0.15) is 34.0 Å². The Bertz CT molecular complexity index is 720. The molecule has 0 saturated carbocycles. The van der Waals surface area contributed by atoms with E-state index in [2.05, 4.69) is 5.32 Å². The Labute approximate surface area is 148 Å². The second-order valence-electron chi connectivity index (χ2n) is 5.44. The van der Waals surface area contributed by atoms with Crippen LogP contribution in [-0.4, -0.2) is 25.7 Å². The van der Waals surface area contributed by atoms with Crippen molar-refractivity contribution in [2.75, 3.05) is 19.8 Å². The Hall–Kier alpha value is -2.68. The number of hydrogen-bond acceptors (Lipinski definition) is 4. The summed E-state index contributed by atoms with van der Waals surface area (Å²) in [6.07, 6.45) is 0. The summed E-state index contributed by atoms with van der Waals surface area (Å²) >= 11 is 0. The quantitative estimate of drug-likeness (QED) is 0.713. The molecule has 0 aromatic heterocycles. The van der Waals surface area contributed by atoms with E-state index >= 15 is 0 Å². The highest BCUT2D eigenvalue weighted by atomic mass is 16.5. The highest BCUT2D eigenvalue weighted by Crippen LogP contribution is 2.08. The minimum atomic E-state index is -0.164. The molecule has 2 rings (SSSR count). The van der Waals surface area contributed by atoms with Gasteiger partial charge < -0.3 is 14.8 Å². The lowest BCUT2D eigenvalue weighted by Crippen LogP contribution is -2.22. The van der Waals surface area contributed by atoms with Crippen LogP contribution in [0, 0.1) is 11.3 Å². The maximum absolute atomic E-state index is 12.1. The summed E-state index contributed by atoms with van der Waals surface area (Å²) in [7, 11) is 0. The van der Waals surface area contributed by atoms with Crippen LogP contribution in [0.4, 0.5) is 0 Å². The normalized spacial score (nSPS) is 10.2. The molecule has 0 saturated heterocycles. The van der Waals surface area contributed by atoms with Crippen LogP contribution in [0.2, 0.25) is 0 Å². The van der Waals surface area contributed by atoms with Crippen LogP contribution in [0.5, 0.6) is 0 Å². The van der Waals surface area contributed by atoms with E-state index in [1.165, 1.54) is 0 Å². The van der Waals surface area contributed by atoms with Gasteiger partial charge in [0, 0.05) is 18.7 Å². The van der Waals surface area contributed by atoms with Gasteiger partial charge in [-0.15, -0.1) is 0 Å². The maximum Gasteiger partial charge on any atom is 0.251 e. The minimum absolute atomic E-state index is 0.164. The van der Waals surface area contributed by atoms with E-state index in [1.54, 1.807) is 24.3 Å². The standard InChI is InChI=1S/C20H22N2O3/c1-2-24-10-11-25-15-18-5-3-4-17(12-18)14-22-20(23)19-8-6-16(13-21)7-9-19/h3-9,12H,2,10-11,14-15H2,1H3,(H,22,23). The van der Waals surface area contributed by atoms with E-state index in [1.807, 2.05) is 37.3 Å². The largest absolute Gasteiger partial charge is 0.379 e. The summed E-state index contributed by atoms with van der Waals surface area (Å²) in [5, 5.41) is 11.7. The zero-order valence-electron chi connectivity index (χ0n) is 14.3. The van der Waals surface area contributed by atoms with Crippen molar-refractivity contribution in [3.63, 3.8) is 0 Å². The highest BCUT2D eigenvalue weighted by molar-refractivity contribution is 5.94. The molecule has 0 aliphatic heterocycles. The van der Waals surface area contributed by atoms with Gasteiger partial charge in [-0.3, -0.25) is 4.79 Å². The van der Waals surface area contributed by atoms with Gasteiger partial charge in [-0.25, -0.2) is 0 Å². The zero-order valence-corrected chi connectivity index (χ0v) is 14.3. The SMILES string of the molecule is CCOCCOCc1cccc(CNC(=O)c2ccc(C#N)cc2)c1. The zero-order chi connectivity index (χ0) is 17.9. The van der Waals surface area contributed by atoms with Crippen molar-refractivity contribution in [2.45, 2.75) is 20.1 Å². The molecule has 0 atom stereocenters. The van der Waals surface area contributed by atoms with Crippen LogP contribution in [0.15, 0.2) is 48.5 Å². The number of nitrogens with one attached hydrogen (secondary N) is 1. The minimum Gasteiger partial charge on any atom is -0.379 e. The maximum atomic E-state index is 12.1. The van der Waals surface area contributed by atoms with Gasteiger partial charge in [0.05, 0.1) is 31.5 Å². The van der Waals surface area contributed by atoms with Gasteiger partial charge in [-0.05, 0) is 42.3 Å². The average molecular weight is 338 g/mol. The van der Waals surface area contributed by atoms with E-state index < -0.39 is 0 Å². The van der Waals surface area contributed by atoms with Crippen LogP contribution in [0.25, 0.3) is 0 Å². The number of amides is 1. The fourth-order valence-corrected chi connectivity index (χ4v) is 2.26. The van der Waals surface area contributed by atoms with Crippen molar-refractivity contribution in [3.8, 4) is 6.07 Å². The summed E-state index contributed by atoms with van der Waals surface area (Å²) in [6.45, 7) is 4.76. The van der Waals surface area contributed by atoms with Crippen LogP contribution in [0.3, 0.4) is 0 Å². The molecule has 0 spiro atoms. The lowest BCUT2D eigenvalue weighted by Gasteiger charge is -2.08. The average Bonchev–Trinajstić information content (AvgIpc) is 2.66. The Balaban J connectivity index is 1.82. The molecule has 0 radical (unpaired) electrons. The molecular weight excluding hydrogens is 316 g/mol. The van der Waals surface area contributed by atoms with E-state index in [0.29, 0.717) is 44.1 Å². The first-order valence-electron chi connectivity index (χ1n) is 8.24. The summed E-state index contributed by atoms with van der Waals surface area (Å²) in [5.41, 5.74) is 3.14. The number of rotatable bonds is 9. The van der Waals surface area contributed by atoms with Gasteiger partial charge in [-0.2, -0.15) is 5.26 Å². The number of hydrogen-bond donors (Lipinski definition) is 1. The van der Waals surface area contributed by atoms with E-state index in [9.17, 15) is 4.79 Å². The van der Waals surface area contributed by atoms with Crippen molar-refractivity contribution in [1.82, 2.24) is 5.32 Å². The monoisotopic (exact) mass is 338 g/mol. The van der Waals surface area contributed by atoms with E-state index in [4.69, 9.17) is 14.7 Å². The number of ether oxygens (including phenoxy) is 2. The van der Waals surface area contributed by atoms with Crippen molar-refractivity contribution < 1.29 is 14.3 Å². The fraction of sp³-hybridized carbons (Fsp3) is 0.300. The van der Waals surface area contributed by atoms with Crippen LogP contribution >= 0.6 is 0 Å². The topological polar surface area (TPSA) is 71.3 Å². The molecule has 5 nitrogen and oxygen atoms in total. The van der Waals surface area contributed by atoms with Crippen molar-refractivity contribution in [1.29, 1.82) is 5.26 Å². The summed E-state index contributed by atoms with van der Waals surface area (Å²) in [4.78, 5) is 12.1. The summed E-state index contributed by atoms with van der Waals surface area (Å²) in [6, 6.07) is 16.5. The van der Waals surface area contributed by atoms with E-state index in [0.717, 1.165) is 11.1 Å². The number of carbonyl (C=O) groups is 1. The molecule has 0 bridgehead atoms. The van der Waals surface area contributed by atoms with Gasteiger partial charge in [0.2, 0.25) is 0 Å². The molecule has 130 valence electrons. The molecule has 1 amide bonds. The number of nitrogens with zero attached hydrogens (tertiary/aromatic N) is 1. The lowest BCUT2D eigenvalue weighted by molar-refractivity contribution is 0.0453. The molecule has 0 aliphatic carbocycles. The van der Waals surface area contributed by atoms with Gasteiger partial charge in [0.25, 0.3) is 5.91 Å². The Morgan fingerprint density at radius 1 is 1.08 bits per heavy atom. The van der Waals surface area contributed by atoms with Gasteiger partial charge in [0.15, 0.2) is 0 Å². The first kappa shape index (κ1) is 18.7. The highest BCUT2D eigenvalue weighted by Gasteiger charge is 2.05. The fourth-order valence-electron chi connectivity index (χ4n) is 2.26. The number of carbonyl (C=O) groups excluding carboxylic acids is 1. The molecule has 0 unspecified atom stereocenters. The molecular formula is C20H22N2O3. The molecule has 2 aromatic rings. The van der Waals surface area contributed by atoms with Gasteiger partial charge >= 0.3 is 0 Å². The lowest BCUT2D eigenvalue weighted by atomic mass is 10.1. The molecule has 25 heavy (non-hydrogen) atoms. The number of benzene rings is 2. The predicted octanol–water partition coefficient (Wildman–Crippen LogP) is 3.04. The first-order valence-corrected chi connectivity index (χ1v) is 8.24. The first-order chi connectivity index (χ1) is 12.2. The number of nitriles is 1. The Morgan fingerprint density at radius 2 is 1.80 bits per heavy atom. The summed E-state index contributed by atoms with van der Waals surface area (Å²) < 4.78 is 10.8. The smallest absolute Gasteiger partial charge is 0.251 e. The molecule has 0 heterocycles. The van der Waals surface area contributed by atoms with Crippen molar-refractivity contribution in [3.05, 3.63) is 70.8 Å². The molecule has 1 N–H and O–H groups in total. The summed E-state index contributed by atoms with van der Waals surface area (Å²) in [5.74, 6) is -0.164. The van der Waals surface area contributed by atoms with Crippen molar-refractivity contribution in [2.24, 2.45) is 0 Å². The Kier molecular flexibility index (Phi) is 7.64. The molecule has 5 heteroatoms. The predicted molar refractivity (Wildman–Crippen MR) is 94.9 cm³/mol. The third kappa shape index (κ3) is 6.38. The molecule has 0 aliphatic rings. The third-order valence-corrected chi connectivity index (χ3v) is 3.57. The van der Waals surface area contributed by atoms with Crippen LogP contribution < -0.4 is 5.32 Å².